The molecule has 0 saturated heterocycles. The summed E-state index contributed by atoms with van der Waals surface area (Å²) in [5.74, 6) is -0.397. The van der Waals surface area contributed by atoms with Crippen LogP contribution < -0.4 is 5.32 Å². The van der Waals surface area contributed by atoms with Gasteiger partial charge < -0.3 is 9.84 Å². The number of benzene rings is 1. The van der Waals surface area contributed by atoms with Crippen LogP contribution in [0.5, 0.6) is 0 Å². The van der Waals surface area contributed by atoms with Crippen molar-refractivity contribution in [3.8, 4) is 11.3 Å². The van der Waals surface area contributed by atoms with E-state index in [0.29, 0.717) is 41.0 Å². The van der Waals surface area contributed by atoms with Gasteiger partial charge in [0.1, 0.15) is 11.5 Å². The Morgan fingerprint density at radius 3 is 2.67 bits per heavy atom. The molecule has 1 unspecified atom stereocenters. The van der Waals surface area contributed by atoms with Gasteiger partial charge in [0, 0.05) is 30.5 Å². The molecule has 0 spiro atoms. The molecule has 4 aromatic rings. The van der Waals surface area contributed by atoms with E-state index in [4.69, 9.17) is 4.52 Å². The van der Waals surface area contributed by atoms with Crippen molar-refractivity contribution in [3.63, 3.8) is 0 Å². The summed E-state index contributed by atoms with van der Waals surface area (Å²) in [7, 11) is 0. The molecule has 0 radical (unpaired) electrons. The number of halogens is 1. The summed E-state index contributed by atoms with van der Waals surface area (Å²) in [6.45, 7) is 6.97. The topological polar surface area (TPSA) is 85.8 Å². The highest BCUT2D eigenvalue weighted by molar-refractivity contribution is 6.09. The number of nitrogens with one attached hydrogen (secondary N) is 1. The van der Waals surface area contributed by atoms with Gasteiger partial charge in [0.2, 0.25) is 0 Å². The van der Waals surface area contributed by atoms with Gasteiger partial charge in [0.15, 0.2) is 0 Å². The third-order valence-corrected chi connectivity index (χ3v) is 4.82. The van der Waals surface area contributed by atoms with E-state index in [0.717, 1.165) is 5.69 Å². The predicted octanol–water partition coefficient (Wildman–Crippen LogP) is 3.91. The van der Waals surface area contributed by atoms with E-state index < -0.39 is 0 Å². The molecular weight excluding hydrogens is 385 g/mol. The molecule has 0 aliphatic rings. The molecular formula is C22H22FN5O2. The van der Waals surface area contributed by atoms with E-state index in [-0.39, 0.29) is 23.4 Å². The Kier molecular flexibility index (Phi) is 5.31. The summed E-state index contributed by atoms with van der Waals surface area (Å²) in [6, 6.07) is 9.55. The minimum absolute atomic E-state index is 0.186. The maximum absolute atomic E-state index is 13.3. The average Bonchev–Trinajstić information content (AvgIpc) is 3.32. The van der Waals surface area contributed by atoms with Crippen LogP contribution in [-0.2, 0) is 6.54 Å². The van der Waals surface area contributed by atoms with Crippen LogP contribution in [0.2, 0.25) is 0 Å². The average molecular weight is 407 g/mol. The zero-order valence-electron chi connectivity index (χ0n) is 17.0. The van der Waals surface area contributed by atoms with E-state index in [9.17, 15) is 9.18 Å². The summed E-state index contributed by atoms with van der Waals surface area (Å²) in [5, 5.41) is 12.0. The Balaban J connectivity index is 1.58. The number of aryl methyl sites for hydroxylation is 2. The lowest BCUT2D eigenvalue weighted by atomic mass is 10.0. The lowest BCUT2D eigenvalue weighted by molar-refractivity contribution is 0.0948. The van der Waals surface area contributed by atoms with Crippen molar-refractivity contribution in [3.05, 3.63) is 65.4 Å². The molecule has 1 N–H and O–H groups in total. The van der Waals surface area contributed by atoms with Crippen LogP contribution in [0.3, 0.4) is 0 Å². The minimum Gasteiger partial charge on any atom is -0.352 e. The van der Waals surface area contributed by atoms with Crippen LogP contribution in [0.4, 0.5) is 4.39 Å². The number of carbonyl (C=O) groups is 1. The summed E-state index contributed by atoms with van der Waals surface area (Å²) in [4.78, 5) is 17.4. The molecule has 1 atom stereocenters. The van der Waals surface area contributed by atoms with Crippen molar-refractivity contribution in [1.82, 2.24) is 25.2 Å². The van der Waals surface area contributed by atoms with Gasteiger partial charge >= 0.3 is 0 Å². The van der Waals surface area contributed by atoms with Gasteiger partial charge in [-0.3, -0.25) is 9.48 Å². The van der Waals surface area contributed by atoms with E-state index in [1.807, 2.05) is 30.8 Å². The number of fused-ring (bicyclic) bond motifs is 1. The maximum Gasteiger partial charge on any atom is 0.259 e. The van der Waals surface area contributed by atoms with E-state index >= 15 is 0 Å². The van der Waals surface area contributed by atoms with Gasteiger partial charge in [0.05, 0.1) is 16.6 Å². The molecule has 30 heavy (non-hydrogen) atoms. The van der Waals surface area contributed by atoms with Crippen molar-refractivity contribution >= 4 is 17.0 Å². The number of hydrogen-bond donors (Lipinski definition) is 1. The van der Waals surface area contributed by atoms with Crippen molar-refractivity contribution in [2.24, 2.45) is 5.92 Å². The van der Waals surface area contributed by atoms with Crippen LogP contribution in [-0.4, -0.2) is 32.4 Å². The first kappa shape index (κ1) is 19.8. The standard InChI is InChI=1S/C22H22FN5O2/c1-13(12-28-9-8-14(2)26-28)11-24-21(29)18-10-15(3)25-22-19(18)20(27-30-22)16-4-6-17(23)7-5-16/h4-10,13H,11-12H2,1-3H3,(H,24,29). The lowest BCUT2D eigenvalue weighted by Gasteiger charge is -2.13. The van der Waals surface area contributed by atoms with Gasteiger partial charge in [-0.15, -0.1) is 0 Å². The molecule has 8 heteroatoms. The second-order valence-electron chi connectivity index (χ2n) is 7.52. The highest BCUT2D eigenvalue weighted by Crippen LogP contribution is 2.30. The third-order valence-electron chi connectivity index (χ3n) is 4.82. The smallest absolute Gasteiger partial charge is 0.259 e. The Hall–Kier alpha value is -3.55. The molecule has 0 fully saturated rings. The van der Waals surface area contributed by atoms with Gasteiger partial charge in [-0.2, -0.15) is 5.10 Å². The molecule has 0 bridgehead atoms. The van der Waals surface area contributed by atoms with Crippen molar-refractivity contribution in [2.75, 3.05) is 6.54 Å². The normalized spacial score (nSPS) is 12.3. The molecule has 1 aromatic carbocycles. The zero-order chi connectivity index (χ0) is 21.3. The molecule has 0 aliphatic heterocycles. The van der Waals surface area contributed by atoms with E-state index in [2.05, 4.69) is 20.6 Å². The fourth-order valence-corrected chi connectivity index (χ4v) is 3.37. The molecule has 1 amide bonds. The van der Waals surface area contributed by atoms with Gasteiger partial charge in [-0.25, -0.2) is 9.37 Å². The number of amides is 1. The highest BCUT2D eigenvalue weighted by atomic mass is 19.1. The predicted molar refractivity (Wildman–Crippen MR) is 110 cm³/mol. The zero-order valence-corrected chi connectivity index (χ0v) is 17.0. The number of pyridine rings is 1. The monoisotopic (exact) mass is 407 g/mol. The number of rotatable bonds is 6. The number of aromatic nitrogens is 4. The van der Waals surface area contributed by atoms with Crippen molar-refractivity contribution in [1.29, 1.82) is 0 Å². The first-order chi connectivity index (χ1) is 14.4. The summed E-state index contributed by atoms with van der Waals surface area (Å²) in [6.07, 6.45) is 1.93. The lowest BCUT2D eigenvalue weighted by Crippen LogP contribution is -2.30. The number of hydrogen-bond acceptors (Lipinski definition) is 5. The van der Waals surface area contributed by atoms with Crippen LogP contribution in [0.25, 0.3) is 22.4 Å². The van der Waals surface area contributed by atoms with Gasteiger partial charge in [-0.05, 0) is 56.2 Å². The summed E-state index contributed by atoms with van der Waals surface area (Å²) < 4.78 is 20.5. The van der Waals surface area contributed by atoms with Crippen LogP contribution >= 0.6 is 0 Å². The Labute approximate surface area is 172 Å². The van der Waals surface area contributed by atoms with Crippen LogP contribution in [0, 0.1) is 25.6 Å². The second kappa shape index (κ2) is 8.06. The molecule has 3 heterocycles. The first-order valence-corrected chi connectivity index (χ1v) is 9.72. The van der Waals surface area contributed by atoms with Crippen molar-refractivity contribution < 1.29 is 13.7 Å². The Morgan fingerprint density at radius 2 is 1.97 bits per heavy atom. The first-order valence-electron chi connectivity index (χ1n) is 9.72. The summed E-state index contributed by atoms with van der Waals surface area (Å²) in [5.41, 5.74) is 3.43. The number of nitrogens with zero attached hydrogens (tertiary/aromatic N) is 4. The molecule has 4 rings (SSSR count). The Bertz CT molecular complexity index is 1200. The minimum atomic E-state index is -0.347. The Morgan fingerprint density at radius 1 is 1.20 bits per heavy atom. The largest absolute Gasteiger partial charge is 0.352 e. The second-order valence-corrected chi connectivity index (χ2v) is 7.52. The molecule has 3 aromatic heterocycles. The molecule has 0 saturated carbocycles. The quantitative estimate of drug-likeness (QED) is 0.524. The molecule has 0 aliphatic carbocycles. The van der Waals surface area contributed by atoms with Crippen LogP contribution in [0.15, 0.2) is 47.1 Å². The van der Waals surface area contributed by atoms with E-state index in [1.165, 1.54) is 12.1 Å². The number of carbonyl (C=O) groups excluding carboxylic acids is 1. The SMILES string of the molecule is Cc1cc(C(=O)NCC(C)Cn2ccc(C)n2)c2c(-c3ccc(F)cc3)noc2n1. The van der Waals surface area contributed by atoms with Gasteiger partial charge in [-0.1, -0.05) is 12.1 Å². The maximum atomic E-state index is 13.3. The summed E-state index contributed by atoms with van der Waals surface area (Å²) >= 11 is 0. The fraction of sp³-hybridized carbons (Fsp3) is 0.273. The highest BCUT2D eigenvalue weighted by Gasteiger charge is 2.21. The van der Waals surface area contributed by atoms with E-state index in [1.54, 1.807) is 25.1 Å². The van der Waals surface area contributed by atoms with Crippen molar-refractivity contribution in [2.45, 2.75) is 27.3 Å². The van der Waals surface area contributed by atoms with Gasteiger partial charge in [0.25, 0.3) is 11.6 Å². The third kappa shape index (κ3) is 4.07. The molecule has 7 nitrogen and oxygen atoms in total. The van der Waals surface area contributed by atoms with Crippen LogP contribution in [0.1, 0.15) is 28.7 Å². The fourth-order valence-electron chi connectivity index (χ4n) is 3.37. The molecule has 154 valence electrons.